The molecular formula is C22H22N4O5S. The average molecular weight is 455 g/mol. The molecule has 1 N–H and O–H groups in total. The van der Waals surface area contributed by atoms with Crippen LogP contribution in [0.3, 0.4) is 0 Å². The van der Waals surface area contributed by atoms with Gasteiger partial charge in [-0.15, -0.1) is 16.9 Å². The summed E-state index contributed by atoms with van der Waals surface area (Å²) in [5.41, 5.74) is 1.18. The highest BCUT2D eigenvalue weighted by atomic mass is 32.2. The number of carbonyl (C=O) groups is 2. The molecule has 10 heteroatoms. The van der Waals surface area contributed by atoms with E-state index in [2.05, 4.69) is 15.5 Å². The number of anilines is 2. The predicted molar refractivity (Wildman–Crippen MR) is 120 cm³/mol. The normalized spacial score (nSPS) is 15.7. The molecule has 1 fully saturated rings. The number of hydrogen-bond donors (Lipinski definition) is 1. The van der Waals surface area contributed by atoms with Crippen molar-refractivity contribution in [1.29, 1.82) is 0 Å². The van der Waals surface area contributed by atoms with Crippen LogP contribution < -0.4 is 19.7 Å². The molecule has 3 aromatic rings. The summed E-state index contributed by atoms with van der Waals surface area (Å²) in [6.07, 6.45) is 2.26. The van der Waals surface area contributed by atoms with Gasteiger partial charge < -0.3 is 18.8 Å². The summed E-state index contributed by atoms with van der Waals surface area (Å²) in [5.74, 6) is 0.565. The second kappa shape index (κ2) is 9.31. The predicted octanol–water partition coefficient (Wildman–Crippen LogP) is 3.58. The van der Waals surface area contributed by atoms with Crippen LogP contribution in [0.15, 0.2) is 51.8 Å². The minimum absolute atomic E-state index is 0.0129. The number of benzene rings is 2. The van der Waals surface area contributed by atoms with Crippen LogP contribution >= 0.6 is 11.8 Å². The van der Waals surface area contributed by atoms with Crippen molar-refractivity contribution in [1.82, 2.24) is 10.2 Å². The molecule has 1 aliphatic rings. The number of amides is 2. The highest BCUT2D eigenvalue weighted by Gasteiger charge is 2.35. The van der Waals surface area contributed by atoms with Crippen LogP contribution in [0, 0.1) is 0 Å². The molecule has 0 aliphatic carbocycles. The molecule has 32 heavy (non-hydrogen) atoms. The Kier molecular flexibility index (Phi) is 6.31. The number of carbonyl (C=O) groups excluding carboxylic acids is 2. The van der Waals surface area contributed by atoms with Gasteiger partial charge in [0.2, 0.25) is 11.8 Å². The third-order valence-electron chi connectivity index (χ3n) is 5.17. The van der Waals surface area contributed by atoms with E-state index in [1.165, 1.54) is 14.2 Å². The van der Waals surface area contributed by atoms with Crippen LogP contribution in [0.4, 0.5) is 11.7 Å². The maximum Gasteiger partial charge on any atom is 0.322 e. The largest absolute Gasteiger partial charge is 0.493 e. The molecule has 2 aromatic carbocycles. The monoisotopic (exact) mass is 454 g/mol. The minimum atomic E-state index is -0.431. The van der Waals surface area contributed by atoms with Crippen LogP contribution in [0.1, 0.15) is 28.6 Å². The Bertz CT molecular complexity index is 1130. The van der Waals surface area contributed by atoms with E-state index in [1.54, 1.807) is 34.9 Å². The fourth-order valence-corrected chi connectivity index (χ4v) is 3.89. The number of nitrogens with one attached hydrogen (secondary N) is 1. The molecule has 0 spiro atoms. The molecule has 0 saturated carbocycles. The molecule has 2 amide bonds. The highest BCUT2D eigenvalue weighted by molar-refractivity contribution is 7.98. The molecule has 1 atom stereocenters. The zero-order valence-electron chi connectivity index (χ0n) is 17.8. The molecule has 166 valence electrons. The molecule has 1 saturated heterocycles. The lowest BCUT2D eigenvalue weighted by atomic mass is 10.1. The van der Waals surface area contributed by atoms with E-state index in [1.807, 2.05) is 30.5 Å². The first-order chi connectivity index (χ1) is 15.5. The Labute approximate surface area is 189 Å². The number of nitrogens with zero attached hydrogens (tertiary/aromatic N) is 3. The maximum atomic E-state index is 12.6. The van der Waals surface area contributed by atoms with Gasteiger partial charge in [-0.1, -0.05) is 5.10 Å². The molecule has 1 aliphatic heterocycles. The molecular weight excluding hydrogens is 432 g/mol. The van der Waals surface area contributed by atoms with Crippen LogP contribution in [-0.2, 0) is 4.79 Å². The van der Waals surface area contributed by atoms with E-state index in [4.69, 9.17) is 13.9 Å². The molecule has 0 bridgehead atoms. The van der Waals surface area contributed by atoms with Crippen molar-refractivity contribution in [2.24, 2.45) is 0 Å². The maximum absolute atomic E-state index is 12.6. The topological polar surface area (TPSA) is 107 Å². The van der Waals surface area contributed by atoms with E-state index in [0.717, 1.165) is 10.6 Å². The summed E-state index contributed by atoms with van der Waals surface area (Å²) >= 11 is 1.64. The summed E-state index contributed by atoms with van der Waals surface area (Å²) in [4.78, 5) is 27.9. The van der Waals surface area contributed by atoms with Gasteiger partial charge in [-0.2, -0.15) is 0 Å². The van der Waals surface area contributed by atoms with Crippen molar-refractivity contribution in [3.8, 4) is 11.5 Å². The number of rotatable bonds is 7. The lowest BCUT2D eigenvalue weighted by Gasteiger charge is -2.16. The van der Waals surface area contributed by atoms with Gasteiger partial charge >= 0.3 is 6.01 Å². The smallest absolute Gasteiger partial charge is 0.322 e. The summed E-state index contributed by atoms with van der Waals surface area (Å²) in [6.45, 7) is 0.433. The molecule has 1 aromatic heterocycles. The third-order valence-corrected chi connectivity index (χ3v) is 5.91. The second-order valence-corrected chi connectivity index (χ2v) is 7.95. The van der Waals surface area contributed by atoms with Crippen LogP contribution in [0.5, 0.6) is 11.5 Å². The van der Waals surface area contributed by atoms with Crippen molar-refractivity contribution in [3.63, 3.8) is 0 Å². The van der Waals surface area contributed by atoms with Gasteiger partial charge in [0.05, 0.1) is 20.1 Å². The fraction of sp³-hybridized carbons (Fsp3) is 0.273. The summed E-state index contributed by atoms with van der Waals surface area (Å²) in [7, 11) is 3.01. The Hall–Kier alpha value is -3.53. The van der Waals surface area contributed by atoms with Crippen LogP contribution in [0.2, 0.25) is 0 Å². The Balaban J connectivity index is 1.43. The zero-order chi connectivity index (χ0) is 22.7. The summed E-state index contributed by atoms with van der Waals surface area (Å²) < 4.78 is 16.0. The molecule has 9 nitrogen and oxygen atoms in total. The van der Waals surface area contributed by atoms with Gasteiger partial charge in [0, 0.05) is 29.1 Å². The first kappa shape index (κ1) is 21.7. The number of aromatic nitrogens is 2. The molecule has 0 radical (unpaired) electrons. The minimum Gasteiger partial charge on any atom is -0.493 e. The van der Waals surface area contributed by atoms with Gasteiger partial charge in [0.25, 0.3) is 5.91 Å². The van der Waals surface area contributed by atoms with E-state index in [-0.39, 0.29) is 24.3 Å². The number of thioether (sulfide) groups is 1. The SMILES string of the molecule is COc1ccc(C(=O)Nc2nnc([C@@H]3CC(=O)N(c4ccc(SC)cc4)C3)o2)cc1OC. The van der Waals surface area contributed by atoms with E-state index < -0.39 is 5.91 Å². The third kappa shape index (κ3) is 4.40. The van der Waals surface area contributed by atoms with Crippen LogP contribution in [-0.4, -0.2) is 49.0 Å². The summed E-state index contributed by atoms with van der Waals surface area (Å²) in [6, 6.07) is 12.6. The summed E-state index contributed by atoms with van der Waals surface area (Å²) in [5, 5.41) is 10.5. The van der Waals surface area contributed by atoms with Crippen molar-refractivity contribution in [3.05, 3.63) is 53.9 Å². The van der Waals surface area contributed by atoms with Gasteiger partial charge in [-0.05, 0) is 48.7 Å². The van der Waals surface area contributed by atoms with Crippen molar-refractivity contribution in [2.45, 2.75) is 17.2 Å². The van der Waals surface area contributed by atoms with Crippen LogP contribution in [0.25, 0.3) is 0 Å². The lowest BCUT2D eigenvalue weighted by Crippen LogP contribution is -2.24. The highest BCUT2D eigenvalue weighted by Crippen LogP contribution is 2.33. The Morgan fingerprint density at radius 2 is 1.88 bits per heavy atom. The van der Waals surface area contributed by atoms with Gasteiger partial charge in [-0.3, -0.25) is 14.9 Å². The van der Waals surface area contributed by atoms with E-state index in [9.17, 15) is 9.59 Å². The van der Waals surface area contributed by atoms with Crippen molar-refractivity contribution >= 4 is 35.3 Å². The Morgan fingerprint density at radius 3 is 2.56 bits per heavy atom. The van der Waals surface area contributed by atoms with E-state index in [0.29, 0.717) is 29.5 Å². The van der Waals surface area contributed by atoms with E-state index >= 15 is 0 Å². The number of hydrogen-bond acceptors (Lipinski definition) is 8. The fourth-order valence-electron chi connectivity index (χ4n) is 3.48. The standard InChI is InChI=1S/C22H22N4O5S/c1-29-17-9-4-13(10-18(17)30-2)20(28)23-22-25-24-21(31-22)14-11-19(27)26(12-14)15-5-7-16(32-3)8-6-15/h4-10,14H,11-12H2,1-3H3,(H,23,25,28)/t14-/m1/s1. The van der Waals surface area contributed by atoms with Crippen molar-refractivity contribution < 1.29 is 23.5 Å². The first-order valence-electron chi connectivity index (χ1n) is 9.83. The molecule has 2 heterocycles. The second-order valence-electron chi connectivity index (χ2n) is 7.07. The van der Waals surface area contributed by atoms with Gasteiger partial charge in [-0.25, -0.2) is 0 Å². The van der Waals surface area contributed by atoms with Crippen molar-refractivity contribution in [2.75, 3.05) is 37.2 Å². The molecule has 4 rings (SSSR count). The lowest BCUT2D eigenvalue weighted by molar-refractivity contribution is -0.117. The van der Waals surface area contributed by atoms with Gasteiger partial charge in [0.1, 0.15) is 0 Å². The Morgan fingerprint density at radius 1 is 1.12 bits per heavy atom. The first-order valence-corrected chi connectivity index (χ1v) is 11.1. The zero-order valence-corrected chi connectivity index (χ0v) is 18.6. The number of ether oxygens (including phenoxy) is 2. The van der Waals surface area contributed by atoms with Gasteiger partial charge in [0.15, 0.2) is 11.5 Å². The molecule has 0 unspecified atom stereocenters. The quantitative estimate of drug-likeness (QED) is 0.540. The average Bonchev–Trinajstić information content (AvgIpc) is 3.45. The number of methoxy groups -OCH3 is 2.